The fraction of sp³-hybridized carbons (Fsp3) is 0.583. The molecule has 0 aromatic carbocycles. The Labute approximate surface area is 101 Å². The standard InChI is InChI=1S/C12H18ClNO2/c1-4-8(2)7-9(3)14-12(15)10-5-6-11(13)16-10/h5-6,8-9H,4,7H2,1-3H3,(H,14,15). The molecule has 1 amide bonds. The largest absolute Gasteiger partial charge is 0.440 e. The summed E-state index contributed by atoms with van der Waals surface area (Å²) in [7, 11) is 0. The van der Waals surface area contributed by atoms with E-state index < -0.39 is 0 Å². The van der Waals surface area contributed by atoms with Gasteiger partial charge in [0.1, 0.15) is 0 Å². The van der Waals surface area contributed by atoms with E-state index in [2.05, 4.69) is 19.2 Å². The topological polar surface area (TPSA) is 42.2 Å². The van der Waals surface area contributed by atoms with E-state index in [0.717, 1.165) is 12.8 Å². The van der Waals surface area contributed by atoms with Gasteiger partial charge in [-0.1, -0.05) is 20.3 Å². The minimum Gasteiger partial charge on any atom is -0.440 e. The molecule has 2 atom stereocenters. The van der Waals surface area contributed by atoms with E-state index in [1.807, 2.05) is 6.92 Å². The Morgan fingerprint density at radius 2 is 2.19 bits per heavy atom. The Morgan fingerprint density at radius 1 is 1.50 bits per heavy atom. The molecule has 0 aliphatic heterocycles. The average molecular weight is 244 g/mol. The quantitative estimate of drug-likeness (QED) is 0.860. The molecule has 1 heterocycles. The van der Waals surface area contributed by atoms with Gasteiger partial charge in [0.25, 0.3) is 5.91 Å². The lowest BCUT2D eigenvalue weighted by atomic mass is 10.0. The minimum atomic E-state index is -0.206. The third kappa shape index (κ3) is 3.89. The van der Waals surface area contributed by atoms with Crippen LogP contribution in [0.4, 0.5) is 0 Å². The summed E-state index contributed by atoms with van der Waals surface area (Å²) in [6.45, 7) is 6.31. The maximum absolute atomic E-state index is 11.7. The maximum Gasteiger partial charge on any atom is 0.287 e. The van der Waals surface area contributed by atoms with Crippen LogP contribution in [0.3, 0.4) is 0 Å². The van der Waals surface area contributed by atoms with Crippen LogP contribution in [0.15, 0.2) is 16.5 Å². The van der Waals surface area contributed by atoms with Crippen LogP contribution in [0.5, 0.6) is 0 Å². The second-order valence-electron chi connectivity index (χ2n) is 4.23. The highest BCUT2D eigenvalue weighted by Crippen LogP contribution is 2.14. The molecule has 0 aliphatic carbocycles. The predicted molar refractivity (Wildman–Crippen MR) is 64.7 cm³/mol. The second-order valence-corrected chi connectivity index (χ2v) is 4.60. The van der Waals surface area contributed by atoms with Gasteiger partial charge < -0.3 is 9.73 Å². The lowest BCUT2D eigenvalue weighted by Gasteiger charge is -2.16. The first kappa shape index (κ1) is 13.1. The van der Waals surface area contributed by atoms with Crippen LogP contribution >= 0.6 is 11.6 Å². The summed E-state index contributed by atoms with van der Waals surface area (Å²) in [5, 5.41) is 3.12. The lowest BCUT2D eigenvalue weighted by molar-refractivity contribution is 0.0907. The van der Waals surface area contributed by atoms with E-state index >= 15 is 0 Å². The van der Waals surface area contributed by atoms with Crippen molar-refractivity contribution in [2.75, 3.05) is 0 Å². The number of carbonyl (C=O) groups is 1. The Bertz CT molecular complexity index is 349. The molecule has 1 aromatic rings. The molecule has 0 saturated heterocycles. The van der Waals surface area contributed by atoms with Gasteiger partial charge in [0, 0.05) is 6.04 Å². The van der Waals surface area contributed by atoms with Gasteiger partial charge in [-0.15, -0.1) is 0 Å². The molecule has 0 fully saturated rings. The van der Waals surface area contributed by atoms with Gasteiger partial charge in [-0.2, -0.15) is 0 Å². The summed E-state index contributed by atoms with van der Waals surface area (Å²) < 4.78 is 5.03. The molecule has 0 aliphatic rings. The number of rotatable bonds is 5. The molecule has 1 rings (SSSR count). The number of hydrogen-bond acceptors (Lipinski definition) is 2. The summed E-state index contributed by atoms with van der Waals surface area (Å²) >= 11 is 5.60. The Kier molecular flexibility index (Phi) is 4.87. The molecule has 2 unspecified atom stereocenters. The summed E-state index contributed by atoms with van der Waals surface area (Å²) in [4.78, 5) is 11.7. The molecule has 0 saturated carbocycles. The number of furan rings is 1. The molecule has 4 heteroatoms. The van der Waals surface area contributed by atoms with Crippen LogP contribution in [0.1, 0.15) is 44.2 Å². The zero-order chi connectivity index (χ0) is 12.1. The molecule has 0 spiro atoms. The number of hydrogen-bond donors (Lipinski definition) is 1. The molecular weight excluding hydrogens is 226 g/mol. The molecule has 0 radical (unpaired) electrons. The summed E-state index contributed by atoms with van der Waals surface area (Å²) in [6.07, 6.45) is 2.09. The third-order valence-corrected chi connectivity index (χ3v) is 2.83. The van der Waals surface area contributed by atoms with Gasteiger partial charge in [-0.05, 0) is 43.0 Å². The van der Waals surface area contributed by atoms with Crippen LogP contribution in [0, 0.1) is 5.92 Å². The monoisotopic (exact) mass is 243 g/mol. The van der Waals surface area contributed by atoms with Crippen LogP contribution in [-0.4, -0.2) is 11.9 Å². The van der Waals surface area contributed by atoms with Crippen molar-refractivity contribution >= 4 is 17.5 Å². The maximum atomic E-state index is 11.7. The van der Waals surface area contributed by atoms with Crippen molar-refractivity contribution in [3.05, 3.63) is 23.1 Å². The molecule has 3 nitrogen and oxygen atoms in total. The number of nitrogens with one attached hydrogen (secondary N) is 1. The van der Waals surface area contributed by atoms with Crippen LogP contribution in [-0.2, 0) is 0 Å². The normalized spacial score (nSPS) is 14.5. The highest BCUT2D eigenvalue weighted by molar-refractivity contribution is 6.29. The van der Waals surface area contributed by atoms with Gasteiger partial charge in [-0.25, -0.2) is 0 Å². The zero-order valence-corrected chi connectivity index (χ0v) is 10.7. The summed E-state index contributed by atoms with van der Waals surface area (Å²) in [5.74, 6) is 0.666. The fourth-order valence-corrected chi connectivity index (χ4v) is 1.71. The van der Waals surface area contributed by atoms with Gasteiger partial charge in [0.15, 0.2) is 11.0 Å². The number of halogens is 1. The van der Waals surface area contributed by atoms with Crippen LogP contribution < -0.4 is 5.32 Å². The zero-order valence-electron chi connectivity index (χ0n) is 9.92. The molecule has 1 N–H and O–H groups in total. The highest BCUT2D eigenvalue weighted by Gasteiger charge is 2.14. The summed E-state index contributed by atoms with van der Waals surface area (Å²) in [5.41, 5.74) is 0. The van der Waals surface area contributed by atoms with Crippen molar-refractivity contribution in [3.63, 3.8) is 0 Å². The van der Waals surface area contributed by atoms with Gasteiger partial charge in [0.2, 0.25) is 0 Å². The SMILES string of the molecule is CCC(C)CC(C)NC(=O)c1ccc(Cl)o1. The minimum absolute atomic E-state index is 0.145. The number of carbonyl (C=O) groups excluding carboxylic acids is 1. The van der Waals surface area contributed by atoms with E-state index in [0.29, 0.717) is 5.92 Å². The van der Waals surface area contributed by atoms with Gasteiger partial charge in [0.05, 0.1) is 0 Å². The van der Waals surface area contributed by atoms with E-state index in [4.69, 9.17) is 16.0 Å². The van der Waals surface area contributed by atoms with Gasteiger partial charge in [-0.3, -0.25) is 4.79 Å². The average Bonchev–Trinajstić information content (AvgIpc) is 2.64. The fourth-order valence-electron chi connectivity index (χ4n) is 1.56. The predicted octanol–water partition coefficient (Wildman–Crippen LogP) is 3.49. The number of amides is 1. The van der Waals surface area contributed by atoms with Gasteiger partial charge >= 0.3 is 0 Å². The molecule has 0 bridgehead atoms. The summed E-state index contributed by atoms with van der Waals surface area (Å²) in [6, 6.07) is 3.29. The Hall–Kier alpha value is -0.960. The van der Waals surface area contributed by atoms with Crippen LogP contribution in [0.25, 0.3) is 0 Å². The first-order chi connectivity index (χ1) is 7.52. The third-order valence-electron chi connectivity index (χ3n) is 2.63. The Balaban J connectivity index is 2.45. The van der Waals surface area contributed by atoms with Crippen molar-refractivity contribution in [1.82, 2.24) is 5.32 Å². The lowest BCUT2D eigenvalue weighted by Crippen LogP contribution is -2.33. The molecule has 1 aromatic heterocycles. The van der Waals surface area contributed by atoms with Crippen molar-refractivity contribution in [2.45, 2.75) is 39.7 Å². The smallest absolute Gasteiger partial charge is 0.287 e. The van der Waals surface area contributed by atoms with Crippen molar-refractivity contribution < 1.29 is 9.21 Å². The molecular formula is C12H18ClNO2. The first-order valence-corrected chi connectivity index (χ1v) is 5.97. The molecule has 16 heavy (non-hydrogen) atoms. The van der Waals surface area contributed by atoms with Crippen molar-refractivity contribution in [3.8, 4) is 0 Å². The first-order valence-electron chi connectivity index (χ1n) is 5.59. The van der Waals surface area contributed by atoms with E-state index in [1.54, 1.807) is 12.1 Å². The van der Waals surface area contributed by atoms with Crippen LogP contribution in [0.2, 0.25) is 5.22 Å². The second kappa shape index (κ2) is 5.94. The van der Waals surface area contributed by atoms with E-state index in [1.165, 1.54) is 0 Å². The van der Waals surface area contributed by atoms with Crippen molar-refractivity contribution in [1.29, 1.82) is 0 Å². The highest BCUT2D eigenvalue weighted by atomic mass is 35.5. The van der Waals surface area contributed by atoms with Crippen molar-refractivity contribution in [2.24, 2.45) is 5.92 Å². The van der Waals surface area contributed by atoms with E-state index in [9.17, 15) is 4.79 Å². The van der Waals surface area contributed by atoms with E-state index in [-0.39, 0.29) is 22.9 Å². The molecule has 90 valence electrons. The Morgan fingerprint density at radius 3 is 2.69 bits per heavy atom.